The Hall–Kier alpha value is -0.570. The molecule has 1 saturated heterocycles. The molecule has 2 aliphatic rings. The highest BCUT2D eigenvalue weighted by Crippen LogP contribution is 2.53. The second kappa shape index (κ2) is 6.05. The first-order chi connectivity index (χ1) is 9.43. The van der Waals surface area contributed by atoms with Crippen LogP contribution < -0.4 is 0 Å². The summed E-state index contributed by atoms with van der Waals surface area (Å²) >= 11 is 0. The number of esters is 1. The zero-order valence-corrected chi connectivity index (χ0v) is 13.5. The summed E-state index contributed by atoms with van der Waals surface area (Å²) < 4.78 is 10.7. The van der Waals surface area contributed by atoms with Gasteiger partial charge in [0, 0.05) is 5.41 Å². The van der Waals surface area contributed by atoms with Crippen molar-refractivity contribution in [3.05, 3.63) is 0 Å². The maximum Gasteiger partial charge on any atom is 0.306 e. The van der Waals surface area contributed by atoms with Gasteiger partial charge in [-0.3, -0.25) is 4.79 Å². The molecule has 1 unspecified atom stereocenters. The first kappa shape index (κ1) is 15.8. The molecule has 0 aromatic carbocycles. The molecule has 0 bridgehead atoms. The Morgan fingerprint density at radius 1 is 1.30 bits per heavy atom. The van der Waals surface area contributed by atoms with Gasteiger partial charge in [-0.15, -0.1) is 0 Å². The van der Waals surface area contributed by atoms with E-state index in [0.717, 1.165) is 25.4 Å². The topological polar surface area (TPSA) is 38.8 Å². The van der Waals surface area contributed by atoms with Crippen LogP contribution in [0.4, 0.5) is 0 Å². The molecule has 20 heavy (non-hydrogen) atoms. The van der Waals surface area contributed by atoms with E-state index < -0.39 is 0 Å². The summed E-state index contributed by atoms with van der Waals surface area (Å²) in [6, 6.07) is 0. The van der Waals surface area contributed by atoms with Crippen molar-refractivity contribution >= 4 is 5.97 Å². The van der Waals surface area contributed by atoms with E-state index in [1.807, 2.05) is 6.92 Å². The van der Waals surface area contributed by atoms with E-state index >= 15 is 0 Å². The van der Waals surface area contributed by atoms with Gasteiger partial charge in [-0.05, 0) is 43.9 Å². The summed E-state index contributed by atoms with van der Waals surface area (Å²) in [7, 11) is 0. The Labute approximate surface area is 123 Å². The highest BCUT2D eigenvalue weighted by molar-refractivity contribution is 5.70. The van der Waals surface area contributed by atoms with E-state index in [2.05, 4.69) is 20.8 Å². The molecule has 0 spiro atoms. The van der Waals surface area contributed by atoms with E-state index in [1.54, 1.807) is 0 Å². The van der Waals surface area contributed by atoms with Crippen LogP contribution in [0.3, 0.4) is 0 Å². The predicted octanol–water partition coefficient (Wildman–Crippen LogP) is 3.95. The second-order valence-electron chi connectivity index (χ2n) is 7.28. The van der Waals surface area contributed by atoms with Crippen LogP contribution in [-0.4, -0.2) is 25.3 Å². The molecular formula is C17H30O3. The van der Waals surface area contributed by atoms with E-state index in [-0.39, 0.29) is 11.4 Å². The zero-order valence-electron chi connectivity index (χ0n) is 13.5. The van der Waals surface area contributed by atoms with Crippen molar-refractivity contribution in [2.45, 2.75) is 72.3 Å². The Bertz CT molecular complexity index is 336. The van der Waals surface area contributed by atoms with Gasteiger partial charge in [0.1, 0.15) is 0 Å². The number of carbonyl (C=O) groups is 1. The Kier molecular flexibility index (Phi) is 4.78. The van der Waals surface area contributed by atoms with Crippen LogP contribution in [0.25, 0.3) is 0 Å². The number of hydrogen-bond acceptors (Lipinski definition) is 3. The van der Waals surface area contributed by atoms with Crippen molar-refractivity contribution in [2.75, 3.05) is 13.2 Å². The number of ether oxygens (including phenoxy) is 2. The van der Waals surface area contributed by atoms with Gasteiger partial charge in [-0.2, -0.15) is 0 Å². The van der Waals surface area contributed by atoms with Gasteiger partial charge in [-0.1, -0.05) is 27.2 Å². The van der Waals surface area contributed by atoms with Gasteiger partial charge >= 0.3 is 5.97 Å². The Morgan fingerprint density at radius 3 is 2.35 bits per heavy atom. The summed E-state index contributed by atoms with van der Waals surface area (Å²) in [5.74, 6) is 0.734. The summed E-state index contributed by atoms with van der Waals surface area (Å²) in [5.41, 5.74) is 0.479. The molecule has 3 nitrogen and oxygen atoms in total. The monoisotopic (exact) mass is 282 g/mol. The van der Waals surface area contributed by atoms with Crippen LogP contribution in [0.5, 0.6) is 0 Å². The summed E-state index contributed by atoms with van der Waals surface area (Å²) in [6.45, 7) is 10.2. The molecule has 1 aliphatic carbocycles. The molecule has 2 fully saturated rings. The molecule has 0 aromatic heterocycles. The minimum atomic E-state index is -0.0452. The van der Waals surface area contributed by atoms with Crippen LogP contribution in [0.1, 0.15) is 66.2 Å². The number of carbonyl (C=O) groups excluding carboxylic acids is 1. The third-order valence-electron chi connectivity index (χ3n) is 5.82. The molecule has 1 atom stereocenters. The van der Waals surface area contributed by atoms with E-state index in [4.69, 9.17) is 9.47 Å². The van der Waals surface area contributed by atoms with Crippen molar-refractivity contribution in [1.29, 1.82) is 0 Å². The van der Waals surface area contributed by atoms with Gasteiger partial charge in [-0.25, -0.2) is 0 Å². The molecule has 0 aromatic rings. The summed E-state index contributed by atoms with van der Waals surface area (Å²) in [6.07, 6.45) is 6.75. The third kappa shape index (κ3) is 3.36. The highest BCUT2D eigenvalue weighted by Gasteiger charge is 2.51. The van der Waals surface area contributed by atoms with Crippen LogP contribution in [-0.2, 0) is 14.3 Å². The summed E-state index contributed by atoms with van der Waals surface area (Å²) in [4.78, 5) is 11.9. The number of rotatable bonds is 6. The molecule has 0 amide bonds. The quantitative estimate of drug-likeness (QED) is 0.547. The molecule has 0 radical (unpaired) electrons. The molecule has 3 heteroatoms. The van der Waals surface area contributed by atoms with Gasteiger partial charge in [0.2, 0.25) is 0 Å². The van der Waals surface area contributed by atoms with Crippen molar-refractivity contribution in [2.24, 2.45) is 16.7 Å². The Balaban J connectivity index is 1.98. The zero-order chi connectivity index (χ0) is 14.8. The van der Waals surface area contributed by atoms with Crippen molar-refractivity contribution in [3.8, 4) is 0 Å². The van der Waals surface area contributed by atoms with Crippen molar-refractivity contribution in [3.63, 3.8) is 0 Å². The molecule has 2 rings (SSSR count). The normalized spacial score (nSPS) is 33.8. The fourth-order valence-electron chi connectivity index (χ4n) is 3.78. The lowest BCUT2D eigenvalue weighted by Gasteiger charge is -2.44. The average Bonchev–Trinajstić information content (AvgIpc) is 3.24. The average molecular weight is 282 g/mol. The first-order valence-electron chi connectivity index (χ1n) is 8.21. The minimum absolute atomic E-state index is 0.0452. The van der Waals surface area contributed by atoms with E-state index in [0.29, 0.717) is 24.5 Å². The molecule has 1 saturated carbocycles. The van der Waals surface area contributed by atoms with Crippen LogP contribution in [0.15, 0.2) is 0 Å². The lowest BCUT2D eigenvalue weighted by Crippen LogP contribution is -2.38. The molecule has 0 N–H and O–H groups in total. The molecule has 1 aliphatic heterocycles. The summed E-state index contributed by atoms with van der Waals surface area (Å²) in [5, 5.41) is 0. The van der Waals surface area contributed by atoms with Gasteiger partial charge in [0.25, 0.3) is 0 Å². The van der Waals surface area contributed by atoms with Gasteiger partial charge in [0.15, 0.2) is 0 Å². The lowest BCUT2D eigenvalue weighted by molar-refractivity contribution is -0.147. The maximum absolute atomic E-state index is 11.9. The predicted molar refractivity (Wildman–Crippen MR) is 79.5 cm³/mol. The standard InChI is InChI=1S/C17H30O3/c1-5-16(3,4)13-7-9-17(10-8-13,14-12-20-14)11-15(18)19-6-2/h13-14H,5-12H2,1-4H3. The van der Waals surface area contributed by atoms with Crippen molar-refractivity contribution in [1.82, 2.24) is 0 Å². The van der Waals surface area contributed by atoms with Gasteiger partial charge < -0.3 is 9.47 Å². The lowest BCUT2D eigenvalue weighted by atomic mass is 9.61. The largest absolute Gasteiger partial charge is 0.466 e. The number of epoxide rings is 1. The fourth-order valence-corrected chi connectivity index (χ4v) is 3.78. The van der Waals surface area contributed by atoms with E-state index in [1.165, 1.54) is 19.3 Å². The minimum Gasteiger partial charge on any atom is -0.466 e. The van der Waals surface area contributed by atoms with Gasteiger partial charge in [0.05, 0.1) is 25.7 Å². The second-order valence-corrected chi connectivity index (χ2v) is 7.28. The molecule has 116 valence electrons. The first-order valence-corrected chi connectivity index (χ1v) is 8.21. The Morgan fingerprint density at radius 2 is 1.90 bits per heavy atom. The SMILES string of the molecule is CCOC(=O)CC1(C2CO2)CCC(C(C)(C)CC)CC1. The number of hydrogen-bond donors (Lipinski definition) is 0. The van der Waals surface area contributed by atoms with Crippen molar-refractivity contribution < 1.29 is 14.3 Å². The maximum atomic E-state index is 11.9. The smallest absolute Gasteiger partial charge is 0.306 e. The highest BCUT2D eigenvalue weighted by atomic mass is 16.6. The van der Waals surface area contributed by atoms with Crippen LogP contribution in [0, 0.1) is 16.7 Å². The van der Waals surface area contributed by atoms with E-state index in [9.17, 15) is 4.79 Å². The van der Waals surface area contributed by atoms with Crippen LogP contribution >= 0.6 is 0 Å². The molecule has 1 heterocycles. The fraction of sp³-hybridized carbons (Fsp3) is 0.941. The molecular weight excluding hydrogens is 252 g/mol. The van der Waals surface area contributed by atoms with Crippen LogP contribution in [0.2, 0.25) is 0 Å². The third-order valence-corrected chi connectivity index (χ3v) is 5.82.